The number of rotatable bonds is 7. The van der Waals surface area contributed by atoms with E-state index in [1.807, 2.05) is 13.8 Å². The van der Waals surface area contributed by atoms with E-state index in [-0.39, 0.29) is 18.1 Å². The van der Waals surface area contributed by atoms with Gasteiger partial charge in [-0.2, -0.15) is 5.26 Å². The second kappa shape index (κ2) is 7.23. The molecule has 1 saturated carbocycles. The molecule has 1 atom stereocenters. The van der Waals surface area contributed by atoms with Gasteiger partial charge in [0.1, 0.15) is 6.04 Å². The predicted octanol–water partition coefficient (Wildman–Crippen LogP) is 1.88. The number of nitriles is 1. The van der Waals surface area contributed by atoms with Crippen LogP contribution in [0.15, 0.2) is 0 Å². The molecule has 0 aromatic rings. The standard InChI is InChI=1S/C14H24N2O4S/c1-11(2)8-12(13(17)18)16-21(19,20)10-14(9-15)6-4-3-5-7-14/h11-12,16H,3-8,10H2,1-2H3,(H,17,18). The van der Waals surface area contributed by atoms with Crippen molar-refractivity contribution in [2.75, 3.05) is 5.75 Å². The molecule has 120 valence electrons. The molecule has 0 heterocycles. The van der Waals surface area contributed by atoms with E-state index in [0.29, 0.717) is 12.8 Å². The minimum Gasteiger partial charge on any atom is -0.480 e. The monoisotopic (exact) mass is 316 g/mol. The number of carbonyl (C=O) groups is 1. The van der Waals surface area contributed by atoms with Crippen molar-refractivity contribution in [1.29, 1.82) is 5.26 Å². The lowest BCUT2D eigenvalue weighted by atomic mass is 9.77. The normalized spacial score (nSPS) is 19.9. The zero-order chi connectivity index (χ0) is 16.1. The number of carboxylic acids is 1. The Kier molecular flexibility index (Phi) is 6.17. The number of nitrogens with one attached hydrogen (secondary N) is 1. The van der Waals surface area contributed by atoms with Crippen molar-refractivity contribution >= 4 is 16.0 Å². The molecule has 1 rings (SSSR count). The first-order valence-corrected chi connectivity index (χ1v) is 8.99. The first-order chi connectivity index (χ1) is 9.70. The third-order valence-electron chi connectivity index (χ3n) is 3.84. The Labute approximate surface area is 126 Å². The topological polar surface area (TPSA) is 107 Å². The molecule has 1 unspecified atom stereocenters. The van der Waals surface area contributed by atoms with Crippen molar-refractivity contribution in [2.45, 2.75) is 58.4 Å². The van der Waals surface area contributed by atoms with E-state index in [4.69, 9.17) is 5.11 Å². The molecule has 0 saturated heterocycles. The van der Waals surface area contributed by atoms with Gasteiger partial charge >= 0.3 is 5.97 Å². The molecular weight excluding hydrogens is 292 g/mol. The summed E-state index contributed by atoms with van der Waals surface area (Å²) in [6, 6.07) is 1.02. The molecule has 7 heteroatoms. The summed E-state index contributed by atoms with van der Waals surface area (Å²) in [6.45, 7) is 3.67. The molecule has 6 nitrogen and oxygen atoms in total. The van der Waals surface area contributed by atoms with Crippen LogP contribution in [-0.2, 0) is 14.8 Å². The number of aliphatic carboxylic acids is 1. The lowest BCUT2D eigenvalue weighted by Crippen LogP contribution is -2.45. The minimum absolute atomic E-state index is 0.0633. The van der Waals surface area contributed by atoms with E-state index in [0.717, 1.165) is 19.3 Å². The highest BCUT2D eigenvalue weighted by atomic mass is 32.2. The Balaban J connectivity index is 2.80. The van der Waals surface area contributed by atoms with Crippen molar-refractivity contribution in [2.24, 2.45) is 11.3 Å². The van der Waals surface area contributed by atoms with Crippen LogP contribution < -0.4 is 4.72 Å². The van der Waals surface area contributed by atoms with Gasteiger partial charge in [0, 0.05) is 0 Å². The van der Waals surface area contributed by atoms with Crippen molar-refractivity contribution in [1.82, 2.24) is 4.72 Å². The molecule has 21 heavy (non-hydrogen) atoms. The molecule has 1 aliphatic rings. The Bertz CT molecular complexity index is 502. The van der Waals surface area contributed by atoms with Crippen LogP contribution in [0.1, 0.15) is 52.4 Å². The lowest BCUT2D eigenvalue weighted by molar-refractivity contribution is -0.139. The number of hydrogen-bond acceptors (Lipinski definition) is 4. The van der Waals surface area contributed by atoms with Gasteiger partial charge in [-0.05, 0) is 25.2 Å². The Morgan fingerprint density at radius 3 is 2.33 bits per heavy atom. The third kappa shape index (κ3) is 5.64. The number of nitrogens with zero attached hydrogens (tertiary/aromatic N) is 1. The van der Waals surface area contributed by atoms with Crippen LogP contribution in [0, 0.1) is 22.7 Å². The zero-order valence-electron chi connectivity index (χ0n) is 12.6. The Morgan fingerprint density at radius 2 is 1.90 bits per heavy atom. The Morgan fingerprint density at radius 1 is 1.33 bits per heavy atom. The molecule has 0 spiro atoms. The molecule has 0 radical (unpaired) electrons. The van der Waals surface area contributed by atoms with Gasteiger partial charge in [0.15, 0.2) is 0 Å². The van der Waals surface area contributed by atoms with Crippen LogP contribution in [0.4, 0.5) is 0 Å². The van der Waals surface area contributed by atoms with Gasteiger partial charge in [-0.15, -0.1) is 0 Å². The molecule has 0 amide bonds. The maximum Gasteiger partial charge on any atom is 0.321 e. The summed E-state index contributed by atoms with van der Waals surface area (Å²) in [5.41, 5.74) is -0.870. The van der Waals surface area contributed by atoms with Gasteiger partial charge in [-0.3, -0.25) is 4.79 Å². The van der Waals surface area contributed by atoms with Gasteiger partial charge in [-0.1, -0.05) is 33.1 Å². The fourth-order valence-electron chi connectivity index (χ4n) is 2.81. The predicted molar refractivity (Wildman–Crippen MR) is 78.9 cm³/mol. The highest BCUT2D eigenvalue weighted by Gasteiger charge is 2.38. The first kappa shape index (κ1) is 17.9. The van der Waals surface area contributed by atoms with Crippen LogP contribution in [-0.4, -0.2) is 31.3 Å². The van der Waals surface area contributed by atoms with Crippen molar-refractivity contribution in [3.05, 3.63) is 0 Å². The van der Waals surface area contributed by atoms with Crippen molar-refractivity contribution < 1.29 is 18.3 Å². The van der Waals surface area contributed by atoms with Crippen LogP contribution in [0.2, 0.25) is 0 Å². The summed E-state index contributed by atoms with van der Waals surface area (Å²) in [5.74, 6) is -1.42. The van der Waals surface area contributed by atoms with Crippen molar-refractivity contribution in [3.8, 4) is 6.07 Å². The summed E-state index contributed by atoms with van der Waals surface area (Å²) in [5, 5.41) is 18.5. The summed E-state index contributed by atoms with van der Waals surface area (Å²) in [4.78, 5) is 11.2. The first-order valence-electron chi connectivity index (χ1n) is 7.34. The Hall–Kier alpha value is -1.13. The van der Waals surface area contributed by atoms with E-state index in [2.05, 4.69) is 10.8 Å². The molecule has 0 aliphatic heterocycles. The smallest absolute Gasteiger partial charge is 0.321 e. The average molecular weight is 316 g/mol. The fraction of sp³-hybridized carbons (Fsp3) is 0.857. The zero-order valence-corrected chi connectivity index (χ0v) is 13.4. The van der Waals surface area contributed by atoms with Crippen LogP contribution in [0.25, 0.3) is 0 Å². The number of sulfonamides is 1. The number of hydrogen-bond donors (Lipinski definition) is 2. The maximum absolute atomic E-state index is 12.2. The molecule has 0 aromatic heterocycles. The van der Waals surface area contributed by atoms with Crippen LogP contribution in [0.3, 0.4) is 0 Å². The van der Waals surface area contributed by atoms with Gasteiger partial charge in [0.05, 0.1) is 17.2 Å². The van der Waals surface area contributed by atoms with Crippen LogP contribution in [0.5, 0.6) is 0 Å². The van der Waals surface area contributed by atoms with Gasteiger partial charge < -0.3 is 5.11 Å². The molecule has 0 bridgehead atoms. The molecule has 1 fully saturated rings. The molecular formula is C14H24N2O4S. The highest BCUT2D eigenvalue weighted by Crippen LogP contribution is 2.36. The maximum atomic E-state index is 12.2. The van der Waals surface area contributed by atoms with Gasteiger partial charge in [-0.25, -0.2) is 13.1 Å². The fourth-order valence-corrected chi connectivity index (χ4v) is 4.60. The van der Waals surface area contributed by atoms with E-state index in [1.54, 1.807) is 0 Å². The van der Waals surface area contributed by atoms with Gasteiger partial charge in [0.2, 0.25) is 10.0 Å². The molecule has 2 N–H and O–H groups in total. The largest absolute Gasteiger partial charge is 0.480 e. The van der Waals surface area contributed by atoms with E-state index in [9.17, 15) is 18.5 Å². The minimum atomic E-state index is -3.79. The summed E-state index contributed by atoms with van der Waals surface area (Å²) >= 11 is 0. The summed E-state index contributed by atoms with van der Waals surface area (Å²) in [7, 11) is -3.79. The molecule has 1 aliphatic carbocycles. The second-order valence-electron chi connectivity index (χ2n) is 6.35. The molecule has 0 aromatic carbocycles. The highest BCUT2D eigenvalue weighted by molar-refractivity contribution is 7.89. The summed E-state index contributed by atoms with van der Waals surface area (Å²) in [6.07, 6.45) is 4.06. The van der Waals surface area contributed by atoms with E-state index >= 15 is 0 Å². The third-order valence-corrected chi connectivity index (χ3v) is 5.42. The van der Waals surface area contributed by atoms with E-state index in [1.165, 1.54) is 0 Å². The second-order valence-corrected chi connectivity index (χ2v) is 8.10. The SMILES string of the molecule is CC(C)CC(NS(=O)(=O)CC1(C#N)CCCCC1)C(=O)O. The summed E-state index contributed by atoms with van der Waals surface area (Å²) < 4.78 is 26.7. The van der Waals surface area contributed by atoms with Gasteiger partial charge in [0.25, 0.3) is 0 Å². The average Bonchev–Trinajstić information content (AvgIpc) is 2.37. The number of carboxylic acid groups (broad SMARTS) is 1. The van der Waals surface area contributed by atoms with Crippen LogP contribution >= 0.6 is 0 Å². The van der Waals surface area contributed by atoms with Crippen molar-refractivity contribution in [3.63, 3.8) is 0 Å². The lowest BCUT2D eigenvalue weighted by Gasteiger charge is -2.30. The quantitative estimate of drug-likeness (QED) is 0.745. The van der Waals surface area contributed by atoms with E-state index < -0.39 is 27.4 Å².